The Morgan fingerprint density at radius 2 is 1.68 bits per heavy atom. The van der Waals surface area contributed by atoms with E-state index in [0.717, 1.165) is 0 Å². The number of ether oxygens (including phenoxy) is 1. The summed E-state index contributed by atoms with van der Waals surface area (Å²) in [6.45, 7) is 7.20. The van der Waals surface area contributed by atoms with Crippen LogP contribution in [0.5, 0.6) is 6.01 Å². The maximum Gasteiger partial charge on any atom is 0.312 e. The van der Waals surface area contributed by atoms with Gasteiger partial charge in [0, 0.05) is 16.1 Å². The Bertz CT molecular complexity index is 800. The quantitative estimate of drug-likeness (QED) is 0.731. The molecule has 0 saturated carbocycles. The fourth-order valence-corrected chi connectivity index (χ4v) is 3.63. The molecule has 0 aliphatic carbocycles. The maximum absolute atomic E-state index is 11.5. The van der Waals surface area contributed by atoms with Crippen LogP contribution in [0, 0.1) is 0 Å². The van der Waals surface area contributed by atoms with Crippen molar-refractivity contribution in [2.45, 2.75) is 44.7 Å². The molecule has 0 amide bonds. The zero-order chi connectivity index (χ0) is 19.4. The number of rotatable bonds is 4. The first-order valence-electron chi connectivity index (χ1n) is 7.53. The number of halogens is 2. The second-order valence-corrected chi connectivity index (χ2v) is 8.03. The van der Waals surface area contributed by atoms with Gasteiger partial charge in [0.25, 0.3) is 6.01 Å². The van der Waals surface area contributed by atoms with Gasteiger partial charge in [-0.2, -0.15) is 13.4 Å². The van der Waals surface area contributed by atoms with Crippen LogP contribution in [0.1, 0.15) is 45.3 Å². The van der Waals surface area contributed by atoms with Crippen LogP contribution in [-0.2, 0) is 10.1 Å². The molecule has 2 rings (SSSR count). The number of nitrogens with zero attached hydrogens (tertiary/aromatic N) is 2. The van der Waals surface area contributed by atoms with E-state index in [9.17, 15) is 13.0 Å². The molecule has 25 heavy (non-hydrogen) atoms. The zero-order valence-corrected chi connectivity index (χ0v) is 17.0. The van der Waals surface area contributed by atoms with Gasteiger partial charge in [-0.05, 0) is 38.0 Å². The second kappa shape index (κ2) is 8.89. The standard InChI is InChI=1S/C10H18N2O4S.C6H4Cl2/c1-6(2)8-9(17(13,14)15)12(7(3)4)10(11-8)16-5;7-5-2-1-3-6(8)4-5/h6-7H,1-5H3,(H,13,14,15);1-4H. The van der Waals surface area contributed by atoms with E-state index in [-0.39, 0.29) is 23.0 Å². The Morgan fingerprint density at radius 1 is 1.16 bits per heavy atom. The van der Waals surface area contributed by atoms with Gasteiger partial charge < -0.3 is 4.74 Å². The van der Waals surface area contributed by atoms with Crippen LogP contribution in [0.2, 0.25) is 10.0 Å². The number of hydrogen-bond donors (Lipinski definition) is 1. The van der Waals surface area contributed by atoms with Gasteiger partial charge in [-0.15, -0.1) is 0 Å². The van der Waals surface area contributed by atoms with Crippen LogP contribution in [0.15, 0.2) is 29.3 Å². The van der Waals surface area contributed by atoms with Crippen molar-refractivity contribution in [3.63, 3.8) is 0 Å². The molecule has 2 aromatic rings. The van der Waals surface area contributed by atoms with E-state index in [1.807, 2.05) is 6.07 Å². The van der Waals surface area contributed by atoms with Crippen molar-refractivity contribution in [3.05, 3.63) is 40.0 Å². The zero-order valence-electron chi connectivity index (χ0n) is 14.7. The normalized spacial score (nSPS) is 11.4. The molecular formula is C16H22Cl2N2O4S. The largest absolute Gasteiger partial charge is 0.468 e. The third kappa shape index (κ3) is 5.88. The third-order valence-corrected chi connectivity index (χ3v) is 4.50. The molecule has 0 aliphatic heterocycles. The molecule has 9 heteroatoms. The minimum Gasteiger partial charge on any atom is -0.468 e. The number of aromatic nitrogens is 2. The van der Waals surface area contributed by atoms with Gasteiger partial charge in [0.05, 0.1) is 12.8 Å². The Kier molecular flexibility index (Phi) is 7.74. The third-order valence-electron chi connectivity index (χ3n) is 3.14. The predicted octanol–water partition coefficient (Wildman–Crippen LogP) is 4.84. The van der Waals surface area contributed by atoms with Gasteiger partial charge >= 0.3 is 10.1 Å². The van der Waals surface area contributed by atoms with E-state index in [4.69, 9.17) is 27.9 Å². The van der Waals surface area contributed by atoms with E-state index in [2.05, 4.69) is 4.98 Å². The number of imidazole rings is 1. The van der Waals surface area contributed by atoms with Gasteiger partial charge in [-0.1, -0.05) is 43.1 Å². The van der Waals surface area contributed by atoms with Crippen molar-refractivity contribution in [3.8, 4) is 6.01 Å². The van der Waals surface area contributed by atoms with Gasteiger partial charge in [0.15, 0.2) is 5.03 Å². The predicted molar refractivity (Wildman–Crippen MR) is 99.5 cm³/mol. The SMILES string of the molecule is COc1nc(C(C)C)c(S(=O)(=O)O)n1C(C)C.Clc1cccc(Cl)c1. The average molecular weight is 409 g/mol. The Balaban J connectivity index is 0.000000324. The Labute approximate surface area is 158 Å². The van der Waals surface area contributed by atoms with E-state index >= 15 is 0 Å². The summed E-state index contributed by atoms with van der Waals surface area (Å²) in [7, 11) is -2.91. The van der Waals surface area contributed by atoms with Crippen LogP contribution in [-0.4, -0.2) is 29.6 Å². The molecule has 1 N–H and O–H groups in total. The first kappa shape index (κ1) is 21.8. The lowest BCUT2D eigenvalue weighted by molar-refractivity contribution is 0.335. The van der Waals surface area contributed by atoms with Crippen molar-refractivity contribution in [2.24, 2.45) is 0 Å². The van der Waals surface area contributed by atoms with E-state index in [1.165, 1.54) is 11.7 Å². The molecule has 0 saturated heterocycles. The van der Waals surface area contributed by atoms with Crippen LogP contribution in [0.3, 0.4) is 0 Å². The number of hydrogen-bond acceptors (Lipinski definition) is 4. The molecule has 0 unspecified atom stereocenters. The van der Waals surface area contributed by atoms with Crippen molar-refractivity contribution >= 4 is 33.3 Å². The summed E-state index contributed by atoms with van der Waals surface area (Å²) in [4.78, 5) is 4.12. The number of methoxy groups -OCH3 is 1. The Morgan fingerprint density at radius 3 is 1.96 bits per heavy atom. The van der Waals surface area contributed by atoms with E-state index in [0.29, 0.717) is 15.7 Å². The van der Waals surface area contributed by atoms with Crippen LogP contribution >= 0.6 is 23.2 Å². The van der Waals surface area contributed by atoms with Crippen molar-refractivity contribution in [1.29, 1.82) is 0 Å². The number of benzene rings is 1. The van der Waals surface area contributed by atoms with Crippen LogP contribution in [0.25, 0.3) is 0 Å². The lowest BCUT2D eigenvalue weighted by Gasteiger charge is -2.13. The van der Waals surface area contributed by atoms with E-state index < -0.39 is 10.1 Å². The highest BCUT2D eigenvalue weighted by atomic mass is 35.5. The average Bonchev–Trinajstić information content (AvgIpc) is 2.87. The fourth-order valence-electron chi connectivity index (χ4n) is 2.11. The van der Waals surface area contributed by atoms with Gasteiger partial charge in [0.1, 0.15) is 0 Å². The van der Waals surface area contributed by atoms with Gasteiger partial charge in [-0.3, -0.25) is 9.12 Å². The molecule has 1 aromatic heterocycles. The minimum atomic E-state index is -4.32. The molecule has 0 atom stereocenters. The van der Waals surface area contributed by atoms with Gasteiger partial charge in [0.2, 0.25) is 0 Å². The summed E-state index contributed by atoms with van der Waals surface area (Å²) >= 11 is 11.1. The molecule has 1 aromatic carbocycles. The Hall–Kier alpha value is -1.28. The monoisotopic (exact) mass is 408 g/mol. The van der Waals surface area contributed by atoms with Gasteiger partial charge in [-0.25, -0.2) is 0 Å². The molecule has 6 nitrogen and oxygen atoms in total. The van der Waals surface area contributed by atoms with Crippen LogP contribution < -0.4 is 4.74 Å². The molecule has 140 valence electrons. The molecule has 1 heterocycles. The summed E-state index contributed by atoms with van der Waals surface area (Å²) in [5.74, 6) is -0.124. The van der Waals surface area contributed by atoms with Crippen molar-refractivity contribution < 1.29 is 17.7 Å². The first-order valence-corrected chi connectivity index (χ1v) is 9.73. The summed E-state index contributed by atoms with van der Waals surface area (Å²) in [6.07, 6.45) is 0. The molecule has 0 spiro atoms. The summed E-state index contributed by atoms with van der Waals surface area (Å²) < 4.78 is 38.6. The van der Waals surface area contributed by atoms with Crippen LogP contribution in [0.4, 0.5) is 0 Å². The van der Waals surface area contributed by atoms with Crippen molar-refractivity contribution in [1.82, 2.24) is 9.55 Å². The lowest BCUT2D eigenvalue weighted by atomic mass is 10.1. The molecule has 0 fully saturated rings. The fraction of sp³-hybridized carbons (Fsp3) is 0.438. The summed E-state index contributed by atoms with van der Waals surface area (Å²) in [5.41, 5.74) is 0.318. The highest BCUT2D eigenvalue weighted by molar-refractivity contribution is 7.85. The molecule has 0 bridgehead atoms. The second-order valence-electron chi connectivity index (χ2n) is 5.82. The highest BCUT2D eigenvalue weighted by Crippen LogP contribution is 2.31. The minimum absolute atomic E-state index is 0.124. The first-order chi connectivity index (χ1) is 11.5. The molecule has 0 radical (unpaired) electrons. The lowest BCUT2D eigenvalue weighted by Crippen LogP contribution is -2.13. The highest BCUT2D eigenvalue weighted by Gasteiger charge is 2.29. The van der Waals surface area contributed by atoms with E-state index in [1.54, 1.807) is 45.9 Å². The molecule has 0 aliphatic rings. The van der Waals surface area contributed by atoms with Crippen molar-refractivity contribution in [2.75, 3.05) is 7.11 Å². The topological polar surface area (TPSA) is 81.4 Å². The molecular weight excluding hydrogens is 387 g/mol. The maximum atomic E-state index is 11.5. The summed E-state index contributed by atoms with van der Waals surface area (Å²) in [5, 5.41) is 1.18. The summed E-state index contributed by atoms with van der Waals surface area (Å²) in [6, 6.07) is 7.09. The smallest absolute Gasteiger partial charge is 0.312 e.